The van der Waals surface area contributed by atoms with Crippen molar-refractivity contribution in [2.24, 2.45) is 4.99 Å². The first-order valence-corrected chi connectivity index (χ1v) is 13.6. The lowest BCUT2D eigenvalue weighted by atomic mass is 9.93. The molecule has 35 heavy (non-hydrogen) atoms. The zero-order chi connectivity index (χ0) is 25.1. The second kappa shape index (κ2) is 11.1. The molecule has 6 nitrogen and oxygen atoms in total. The number of carbonyl (C=O) groups is 1. The van der Waals surface area contributed by atoms with E-state index in [1.165, 1.54) is 11.3 Å². The van der Waals surface area contributed by atoms with Gasteiger partial charge >= 0.3 is 5.97 Å². The average Bonchev–Trinajstić information content (AvgIpc) is 3.14. The number of hydrogen-bond donors (Lipinski definition) is 0. The Morgan fingerprint density at radius 1 is 1.14 bits per heavy atom. The van der Waals surface area contributed by atoms with Crippen LogP contribution in [0.15, 0.2) is 72.5 Å². The minimum atomic E-state index is -0.730. The first kappa shape index (κ1) is 25.6. The van der Waals surface area contributed by atoms with Crippen LogP contribution in [0, 0.1) is 0 Å². The first-order valence-electron chi connectivity index (χ1n) is 11.2. The van der Waals surface area contributed by atoms with Crippen LogP contribution < -0.4 is 19.6 Å². The van der Waals surface area contributed by atoms with E-state index < -0.39 is 12.0 Å². The van der Waals surface area contributed by atoms with Gasteiger partial charge < -0.3 is 9.47 Å². The van der Waals surface area contributed by atoms with Gasteiger partial charge in [0.1, 0.15) is 11.8 Å². The normalized spacial score (nSPS) is 15.6. The quantitative estimate of drug-likeness (QED) is 0.345. The SMILES string of the molecule is CCCC1=C(C(=O)OCC)[C@H](c2cc(Br)ccc2OC)n2c(s/c(=C/c3ccc(Br)cc3)c2=O)=N1. The molecule has 0 amide bonds. The van der Waals surface area contributed by atoms with Crippen molar-refractivity contribution in [1.82, 2.24) is 4.57 Å². The molecule has 0 saturated heterocycles. The summed E-state index contributed by atoms with van der Waals surface area (Å²) in [5, 5.41) is 0. The molecule has 1 atom stereocenters. The van der Waals surface area contributed by atoms with Crippen LogP contribution >= 0.6 is 43.2 Å². The maximum atomic E-state index is 13.8. The van der Waals surface area contributed by atoms with Crippen molar-refractivity contribution >= 4 is 55.2 Å². The van der Waals surface area contributed by atoms with Gasteiger partial charge in [0.05, 0.1) is 29.5 Å². The van der Waals surface area contributed by atoms with Crippen LogP contribution in [0.1, 0.15) is 43.9 Å². The van der Waals surface area contributed by atoms with Gasteiger partial charge in [0.15, 0.2) is 4.80 Å². The fourth-order valence-electron chi connectivity index (χ4n) is 4.04. The van der Waals surface area contributed by atoms with Gasteiger partial charge in [-0.1, -0.05) is 68.7 Å². The smallest absolute Gasteiger partial charge is 0.338 e. The van der Waals surface area contributed by atoms with Gasteiger partial charge in [-0.3, -0.25) is 9.36 Å². The second-order valence-electron chi connectivity index (χ2n) is 7.85. The minimum Gasteiger partial charge on any atom is -0.496 e. The molecule has 9 heteroatoms. The molecule has 0 radical (unpaired) electrons. The van der Waals surface area contributed by atoms with Crippen LogP contribution in [0.2, 0.25) is 0 Å². The summed E-state index contributed by atoms with van der Waals surface area (Å²) in [7, 11) is 1.57. The van der Waals surface area contributed by atoms with Gasteiger partial charge in [0.25, 0.3) is 5.56 Å². The maximum Gasteiger partial charge on any atom is 0.338 e. The highest BCUT2D eigenvalue weighted by Crippen LogP contribution is 2.38. The summed E-state index contributed by atoms with van der Waals surface area (Å²) in [6.45, 7) is 4.01. The van der Waals surface area contributed by atoms with Crippen molar-refractivity contribution in [3.05, 3.63) is 93.5 Å². The summed E-state index contributed by atoms with van der Waals surface area (Å²) in [5.74, 6) is 0.0918. The van der Waals surface area contributed by atoms with E-state index in [1.54, 1.807) is 18.6 Å². The summed E-state index contributed by atoms with van der Waals surface area (Å²) in [4.78, 5) is 32.4. The Labute approximate surface area is 223 Å². The molecule has 3 aromatic rings. The van der Waals surface area contributed by atoms with Crippen molar-refractivity contribution in [1.29, 1.82) is 0 Å². The molecule has 2 heterocycles. The summed E-state index contributed by atoms with van der Waals surface area (Å²) in [6, 6.07) is 12.6. The molecular formula is C26H24Br2N2O4S. The molecule has 0 unspecified atom stereocenters. The molecule has 1 aromatic heterocycles. The predicted octanol–water partition coefficient (Wildman–Crippen LogP) is 5.11. The van der Waals surface area contributed by atoms with Crippen LogP contribution in [0.3, 0.4) is 0 Å². The van der Waals surface area contributed by atoms with Gasteiger partial charge in [0, 0.05) is 14.5 Å². The lowest BCUT2D eigenvalue weighted by Gasteiger charge is -2.27. The van der Waals surface area contributed by atoms with Crippen molar-refractivity contribution in [3.8, 4) is 5.75 Å². The van der Waals surface area contributed by atoms with Crippen molar-refractivity contribution in [2.45, 2.75) is 32.7 Å². The molecule has 182 valence electrons. The first-order chi connectivity index (χ1) is 16.9. The predicted molar refractivity (Wildman–Crippen MR) is 144 cm³/mol. The van der Waals surface area contributed by atoms with Gasteiger partial charge in [0.2, 0.25) is 0 Å². The van der Waals surface area contributed by atoms with Crippen LogP contribution in [-0.4, -0.2) is 24.3 Å². The highest BCUT2D eigenvalue weighted by Gasteiger charge is 2.36. The van der Waals surface area contributed by atoms with E-state index in [-0.39, 0.29) is 12.2 Å². The summed E-state index contributed by atoms with van der Waals surface area (Å²) in [5.41, 5.74) is 2.36. The fourth-order valence-corrected chi connectivity index (χ4v) is 5.71. The molecule has 0 N–H and O–H groups in total. The molecule has 0 fully saturated rings. The number of esters is 1. The van der Waals surface area contributed by atoms with Gasteiger partial charge in [-0.15, -0.1) is 0 Å². The number of benzene rings is 2. The standard InChI is InChI=1S/C26H24Br2N2O4S/c1-4-6-19-22(25(32)34-5-2)23(18-14-17(28)11-12-20(18)33-3)30-24(31)21(35-26(30)29-19)13-15-7-9-16(27)10-8-15/h7-14,23H,4-6H2,1-3H3/b21-13+/t23-/m0/s1. The highest BCUT2D eigenvalue weighted by atomic mass is 79.9. The lowest BCUT2D eigenvalue weighted by molar-refractivity contribution is -0.139. The van der Waals surface area contributed by atoms with E-state index in [1.807, 2.05) is 55.5 Å². The fraction of sp³-hybridized carbons (Fsp3) is 0.269. The van der Waals surface area contributed by atoms with Crippen LogP contribution in [0.25, 0.3) is 6.08 Å². The summed E-state index contributed by atoms with van der Waals surface area (Å²) >= 11 is 8.29. The molecule has 0 saturated carbocycles. The zero-order valence-corrected chi connectivity index (χ0v) is 23.5. The molecule has 2 aromatic carbocycles. The molecule has 0 spiro atoms. The zero-order valence-electron chi connectivity index (χ0n) is 19.5. The Kier molecular flexibility index (Phi) is 8.09. The third kappa shape index (κ3) is 5.22. The van der Waals surface area contributed by atoms with Crippen molar-refractivity contribution in [2.75, 3.05) is 13.7 Å². The molecule has 4 rings (SSSR count). The van der Waals surface area contributed by atoms with E-state index in [2.05, 4.69) is 31.9 Å². The molecule has 1 aliphatic heterocycles. The van der Waals surface area contributed by atoms with Crippen LogP contribution in [0.5, 0.6) is 5.75 Å². The molecule has 0 aliphatic carbocycles. The summed E-state index contributed by atoms with van der Waals surface area (Å²) in [6.07, 6.45) is 3.22. The average molecular weight is 620 g/mol. The Morgan fingerprint density at radius 2 is 1.86 bits per heavy atom. The Bertz CT molecular complexity index is 1470. The monoisotopic (exact) mass is 618 g/mol. The van der Waals surface area contributed by atoms with Crippen LogP contribution in [-0.2, 0) is 9.53 Å². The largest absolute Gasteiger partial charge is 0.496 e. The third-order valence-corrected chi connectivity index (χ3v) is 7.55. The number of aromatic nitrogens is 1. The number of rotatable bonds is 7. The van der Waals surface area contributed by atoms with Gasteiger partial charge in [-0.2, -0.15) is 0 Å². The number of hydrogen-bond acceptors (Lipinski definition) is 6. The van der Waals surface area contributed by atoms with Crippen molar-refractivity contribution in [3.63, 3.8) is 0 Å². The van der Waals surface area contributed by atoms with E-state index in [9.17, 15) is 9.59 Å². The minimum absolute atomic E-state index is 0.220. The number of fused-ring (bicyclic) bond motifs is 1. The number of carbonyl (C=O) groups excluding carboxylic acids is 1. The molecule has 0 bridgehead atoms. The van der Waals surface area contributed by atoms with Gasteiger partial charge in [-0.05, 0) is 55.3 Å². The lowest BCUT2D eigenvalue weighted by Crippen LogP contribution is -2.40. The Balaban J connectivity index is 2.04. The summed E-state index contributed by atoms with van der Waals surface area (Å²) < 4.78 is 15.0. The number of ether oxygens (including phenoxy) is 2. The van der Waals surface area contributed by atoms with Crippen molar-refractivity contribution < 1.29 is 14.3 Å². The Morgan fingerprint density at radius 3 is 2.51 bits per heavy atom. The van der Waals surface area contributed by atoms with Gasteiger partial charge in [-0.25, -0.2) is 9.79 Å². The number of nitrogens with zero attached hydrogens (tertiary/aromatic N) is 2. The van der Waals surface area contributed by atoms with E-state index in [0.29, 0.717) is 38.3 Å². The number of allylic oxidation sites excluding steroid dienone is 1. The van der Waals surface area contributed by atoms with E-state index in [0.717, 1.165) is 20.9 Å². The topological polar surface area (TPSA) is 69.9 Å². The van der Waals surface area contributed by atoms with E-state index >= 15 is 0 Å². The number of thiazole rings is 1. The molecule has 1 aliphatic rings. The maximum absolute atomic E-state index is 13.8. The van der Waals surface area contributed by atoms with E-state index in [4.69, 9.17) is 14.5 Å². The van der Waals surface area contributed by atoms with Crippen LogP contribution in [0.4, 0.5) is 0 Å². The molecular weight excluding hydrogens is 596 g/mol. The number of methoxy groups -OCH3 is 1. The third-order valence-electron chi connectivity index (χ3n) is 5.55. The number of halogens is 2. The highest BCUT2D eigenvalue weighted by molar-refractivity contribution is 9.10. The second-order valence-corrected chi connectivity index (χ2v) is 10.7. The Hall–Kier alpha value is -2.49.